The van der Waals surface area contributed by atoms with Crippen LogP contribution in [0.5, 0.6) is 0 Å². The molecule has 8 heteroatoms. The summed E-state index contributed by atoms with van der Waals surface area (Å²) in [5.74, 6) is 0.0342. The number of hydrazine groups is 1. The molecule has 0 bridgehead atoms. The second-order valence-corrected chi connectivity index (χ2v) is 3.31. The first-order valence-corrected chi connectivity index (χ1v) is 4.82. The summed E-state index contributed by atoms with van der Waals surface area (Å²) in [6.45, 7) is 3.12. The van der Waals surface area contributed by atoms with Crippen LogP contribution in [0, 0.1) is 16.0 Å². The first-order valence-electron chi connectivity index (χ1n) is 4.82. The Hall–Kier alpha value is -1.86. The van der Waals surface area contributed by atoms with E-state index in [2.05, 4.69) is 9.73 Å². The Labute approximate surface area is 93.0 Å². The Balaban J connectivity index is 3.57. The number of nitro groups is 1. The standard InChI is InChI=1S/C8H16N4O4/c1-7(5-16-6-13)3-2-4-10-8(9)11-12(14)15/h6-7H,2-5H2,1H3,(H3,9,10,11)/t7-/m0/s1. The van der Waals surface area contributed by atoms with Crippen LogP contribution in [0.4, 0.5) is 0 Å². The number of guanidine groups is 1. The van der Waals surface area contributed by atoms with Crippen molar-refractivity contribution in [2.75, 3.05) is 13.2 Å². The van der Waals surface area contributed by atoms with E-state index >= 15 is 0 Å². The molecule has 3 N–H and O–H groups in total. The lowest BCUT2D eigenvalue weighted by molar-refractivity contribution is -0.525. The van der Waals surface area contributed by atoms with Gasteiger partial charge in [0.05, 0.1) is 6.61 Å². The maximum Gasteiger partial charge on any atom is 0.293 e. The zero-order valence-corrected chi connectivity index (χ0v) is 9.09. The highest BCUT2D eigenvalue weighted by Crippen LogP contribution is 2.05. The van der Waals surface area contributed by atoms with E-state index in [0.717, 1.165) is 12.8 Å². The van der Waals surface area contributed by atoms with Gasteiger partial charge >= 0.3 is 0 Å². The third-order valence-electron chi connectivity index (χ3n) is 1.79. The predicted molar refractivity (Wildman–Crippen MR) is 57.0 cm³/mol. The number of hydrogen-bond donors (Lipinski definition) is 2. The van der Waals surface area contributed by atoms with Gasteiger partial charge in [-0.05, 0) is 18.8 Å². The minimum Gasteiger partial charge on any atom is -0.468 e. The summed E-state index contributed by atoms with van der Waals surface area (Å²) in [7, 11) is 0. The van der Waals surface area contributed by atoms with E-state index in [0.29, 0.717) is 19.6 Å². The summed E-state index contributed by atoms with van der Waals surface area (Å²) in [5.41, 5.74) is 6.94. The Morgan fingerprint density at radius 3 is 3.00 bits per heavy atom. The molecule has 0 aromatic rings. The summed E-state index contributed by atoms with van der Waals surface area (Å²) in [6, 6.07) is 0. The van der Waals surface area contributed by atoms with Crippen LogP contribution >= 0.6 is 0 Å². The number of carbonyl (C=O) groups is 1. The molecule has 0 rings (SSSR count). The molecule has 92 valence electrons. The van der Waals surface area contributed by atoms with E-state index in [1.165, 1.54) is 0 Å². The normalized spacial score (nSPS) is 12.9. The average molecular weight is 232 g/mol. The monoisotopic (exact) mass is 232 g/mol. The summed E-state index contributed by atoms with van der Waals surface area (Å²) >= 11 is 0. The molecule has 0 unspecified atom stereocenters. The molecule has 0 saturated heterocycles. The van der Waals surface area contributed by atoms with Gasteiger partial charge in [-0.3, -0.25) is 4.79 Å². The van der Waals surface area contributed by atoms with Crippen LogP contribution in [0.3, 0.4) is 0 Å². The lowest BCUT2D eigenvalue weighted by atomic mass is 10.1. The maximum absolute atomic E-state index is 9.95. The molecular formula is C8H16N4O4. The van der Waals surface area contributed by atoms with Crippen LogP contribution in [-0.4, -0.2) is 30.6 Å². The van der Waals surface area contributed by atoms with E-state index in [1.807, 2.05) is 6.92 Å². The average Bonchev–Trinajstić information content (AvgIpc) is 2.20. The molecule has 0 saturated carbocycles. The van der Waals surface area contributed by atoms with Crippen LogP contribution in [-0.2, 0) is 9.53 Å². The van der Waals surface area contributed by atoms with Gasteiger partial charge in [-0.15, -0.1) is 0 Å². The van der Waals surface area contributed by atoms with E-state index < -0.39 is 5.03 Å². The van der Waals surface area contributed by atoms with E-state index in [4.69, 9.17) is 5.73 Å². The molecule has 1 atom stereocenters. The van der Waals surface area contributed by atoms with Gasteiger partial charge in [0.1, 0.15) is 0 Å². The SMILES string of the molecule is C[C@@H](CCCN=C(N)N[N+](=O)[O-])COC=O. The molecule has 0 aliphatic rings. The highest BCUT2D eigenvalue weighted by atomic mass is 16.7. The second kappa shape index (κ2) is 8.45. The van der Waals surface area contributed by atoms with Gasteiger partial charge < -0.3 is 10.5 Å². The highest BCUT2D eigenvalue weighted by molar-refractivity contribution is 5.76. The number of ether oxygens (including phenoxy) is 1. The Kier molecular flexibility index (Phi) is 7.47. The quantitative estimate of drug-likeness (QED) is 0.148. The first kappa shape index (κ1) is 14.1. The largest absolute Gasteiger partial charge is 0.468 e. The molecule has 0 spiro atoms. The zero-order valence-electron chi connectivity index (χ0n) is 9.09. The number of rotatable bonds is 8. The van der Waals surface area contributed by atoms with Gasteiger partial charge in [0, 0.05) is 6.54 Å². The topological polar surface area (TPSA) is 120 Å². The lowest BCUT2D eigenvalue weighted by Crippen LogP contribution is -2.36. The molecule has 8 nitrogen and oxygen atoms in total. The zero-order chi connectivity index (χ0) is 12.4. The van der Waals surface area contributed by atoms with Crippen molar-refractivity contribution in [2.45, 2.75) is 19.8 Å². The summed E-state index contributed by atoms with van der Waals surface area (Å²) in [6.07, 6.45) is 1.53. The molecule has 16 heavy (non-hydrogen) atoms. The molecule has 0 aromatic carbocycles. The molecule has 0 heterocycles. The summed E-state index contributed by atoms with van der Waals surface area (Å²) < 4.78 is 4.58. The van der Waals surface area contributed by atoms with Crippen molar-refractivity contribution in [3.8, 4) is 0 Å². The Morgan fingerprint density at radius 1 is 1.75 bits per heavy atom. The van der Waals surface area contributed by atoms with E-state index in [1.54, 1.807) is 5.43 Å². The molecule has 0 radical (unpaired) electrons. The second-order valence-electron chi connectivity index (χ2n) is 3.31. The van der Waals surface area contributed by atoms with Gasteiger partial charge in [-0.2, -0.15) is 0 Å². The van der Waals surface area contributed by atoms with Crippen molar-refractivity contribution in [3.63, 3.8) is 0 Å². The third-order valence-corrected chi connectivity index (χ3v) is 1.79. The van der Waals surface area contributed by atoms with Gasteiger partial charge in [0.2, 0.25) is 0 Å². The minimum absolute atomic E-state index is 0.207. The number of hydrogen-bond acceptors (Lipinski definition) is 5. The molecule has 0 amide bonds. The predicted octanol–water partition coefficient (Wildman–Crippen LogP) is -0.328. The van der Waals surface area contributed by atoms with Crippen LogP contribution in [0.2, 0.25) is 0 Å². The fourth-order valence-corrected chi connectivity index (χ4v) is 1.06. The highest BCUT2D eigenvalue weighted by Gasteiger charge is 2.02. The van der Waals surface area contributed by atoms with Crippen molar-refractivity contribution in [1.82, 2.24) is 5.43 Å². The number of nitrogens with one attached hydrogen (secondary N) is 1. The molecule has 0 fully saturated rings. The van der Waals surface area contributed by atoms with E-state index in [-0.39, 0.29) is 11.9 Å². The van der Waals surface area contributed by atoms with Crippen LogP contribution in [0.15, 0.2) is 4.99 Å². The number of nitrogens with zero attached hydrogens (tertiary/aromatic N) is 2. The fraction of sp³-hybridized carbons (Fsp3) is 0.750. The summed E-state index contributed by atoms with van der Waals surface area (Å²) in [4.78, 5) is 23.6. The molecule has 0 aliphatic heterocycles. The van der Waals surface area contributed by atoms with Crippen molar-refractivity contribution >= 4 is 12.4 Å². The van der Waals surface area contributed by atoms with Gasteiger partial charge in [0.25, 0.3) is 12.4 Å². The molecule has 0 aliphatic carbocycles. The summed E-state index contributed by atoms with van der Waals surface area (Å²) in [5, 5.41) is 9.19. The van der Waals surface area contributed by atoms with Crippen LogP contribution in [0.1, 0.15) is 19.8 Å². The van der Waals surface area contributed by atoms with Gasteiger partial charge in [0.15, 0.2) is 5.03 Å². The van der Waals surface area contributed by atoms with Gasteiger partial charge in [-0.1, -0.05) is 12.3 Å². The molecular weight excluding hydrogens is 216 g/mol. The van der Waals surface area contributed by atoms with Crippen LogP contribution < -0.4 is 11.2 Å². The Bertz CT molecular complexity index is 256. The smallest absolute Gasteiger partial charge is 0.293 e. The van der Waals surface area contributed by atoms with Gasteiger partial charge in [-0.25, -0.2) is 15.1 Å². The van der Waals surface area contributed by atoms with E-state index in [9.17, 15) is 14.9 Å². The van der Waals surface area contributed by atoms with Crippen molar-refractivity contribution in [2.24, 2.45) is 16.6 Å². The number of carbonyl (C=O) groups excluding carboxylic acids is 1. The lowest BCUT2D eigenvalue weighted by Gasteiger charge is -2.07. The number of nitrogens with two attached hydrogens (primary N) is 1. The minimum atomic E-state index is -0.765. The van der Waals surface area contributed by atoms with Crippen molar-refractivity contribution in [1.29, 1.82) is 0 Å². The van der Waals surface area contributed by atoms with Crippen molar-refractivity contribution in [3.05, 3.63) is 10.1 Å². The third kappa shape index (κ3) is 8.73. The first-order chi connectivity index (χ1) is 7.56. The Morgan fingerprint density at radius 2 is 2.44 bits per heavy atom. The fourth-order valence-electron chi connectivity index (χ4n) is 1.06. The molecule has 0 aromatic heterocycles. The number of aliphatic imine (C=N–C) groups is 1. The van der Waals surface area contributed by atoms with Crippen LogP contribution in [0.25, 0.3) is 0 Å². The van der Waals surface area contributed by atoms with Crippen molar-refractivity contribution < 1.29 is 14.6 Å². The maximum atomic E-state index is 9.95.